The van der Waals surface area contributed by atoms with E-state index in [9.17, 15) is 4.79 Å². The third-order valence-corrected chi connectivity index (χ3v) is 5.69. The molecule has 0 saturated carbocycles. The summed E-state index contributed by atoms with van der Waals surface area (Å²) < 4.78 is 5.50. The SMILES string of the molecule is CC(CN1CC(c2noc(-c3ccc4cc[nH]c4c3)n2)CC1=O)c1ccccc1. The summed E-state index contributed by atoms with van der Waals surface area (Å²) in [6.07, 6.45) is 2.33. The van der Waals surface area contributed by atoms with Crippen LogP contribution in [0.1, 0.15) is 36.6 Å². The third-order valence-electron chi connectivity index (χ3n) is 5.69. The summed E-state index contributed by atoms with van der Waals surface area (Å²) in [5, 5.41) is 5.31. The maximum atomic E-state index is 12.6. The van der Waals surface area contributed by atoms with Gasteiger partial charge in [0.2, 0.25) is 5.91 Å². The second-order valence-electron chi connectivity index (χ2n) is 7.75. The Hall–Kier alpha value is -3.41. The lowest BCUT2D eigenvalue weighted by molar-refractivity contribution is -0.127. The van der Waals surface area contributed by atoms with Crippen molar-refractivity contribution >= 4 is 16.8 Å². The van der Waals surface area contributed by atoms with Gasteiger partial charge in [-0.05, 0) is 35.1 Å². The molecule has 2 unspecified atom stereocenters. The zero-order valence-electron chi connectivity index (χ0n) is 16.2. The Bertz CT molecular complexity index is 1150. The molecule has 0 aliphatic carbocycles. The molecule has 0 bridgehead atoms. The molecule has 4 aromatic rings. The quantitative estimate of drug-likeness (QED) is 0.554. The summed E-state index contributed by atoms with van der Waals surface area (Å²) in [6.45, 7) is 3.48. The molecule has 2 aromatic heterocycles. The first kappa shape index (κ1) is 17.7. The molecule has 5 rings (SSSR count). The molecule has 1 amide bonds. The highest BCUT2D eigenvalue weighted by Gasteiger charge is 2.34. The van der Waals surface area contributed by atoms with Crippen molar-refractivity contribution in [3.05, 3.63) is 72.2 Å². The van der Waals surface area contributed by atoms with Gasteiger partial charge in [-0.25, -0.2) is 0 Å². The molecule has 3 heterocycles. The van der Waals surface area contributed by atoms with Crippen LogP contribution in [0, 0.1) is 0 Å². The summed E-state index contributed by atoms with van der Waals surface area (Å²) in [5.41, 5.74) is 3.14. The highest BCUT2D eigenvalue weighted by molar-refractivity contribution is 5.83. The van der Waals surface area contributed by atoms with Crippen LogP contribution in [-0.4, -0.2) is 39.0 Å². The van der Waals surface area contributed by atoms with Crippen molar-refractivity contribution < 1.29 is 9.32 Å². The number of hydrogen-bond acceptors (Lipinski definition) is 4. The standard InChI is InChI=1S/C23H22N4O2/c1-15(16-5-3-2-4-6-16)13-27-14-19(12-21(27)28)22-25-23(29-26-22)18-8-7-17-9-10-24-20(17)11-18/h2-11,15,19,24H,12-14H2,1H3. The molecule has 1 fully saturated rings. The predicted octanol–water partition coefficient (Wildman–Crippen LogP) is 4.34. The zero-order chi connectivity index (χ0) is 19.8. The molecule has 1 aliphatic rings. The van der Waals surface area contributed by atoms with E-state index in [1.807, 2.05) is 53.6 Å². The fraction of sp³-hybridized carbons (Fsp3) is 0.261. The molecule has 6 heteroatoms. The second-order valence-corrected chi connectivity index (χ2v) is 7.75. The maximum Gasteiger partial charge on any atom is 0.258 e. The van der Waals surface area contributed by atoms with Crippen LogP contribution in [-0.2, 0) is 4.79 Å². The number of carbonyl (C=O) groups excluding carboxylic acids is 1. The molecule has 146 valence electrons. The molecule has 0 radical (unpaired) electrons. The Morgan fingerprint density at radius 3 is 2.93 bits per heavy atom. The van der Waals surface area contributed by atoms with Crippen LogP contribution in [0.3, 0.4) is 0 Å². The summed E-state index contributed by atoms with van der Waals surface area (Å²) >= 11 is 0. The van der Waals surface area contributed by atoms with E-state index in [2.05, 4.69) is 34.2 Å². The number of aromatic amines is 1. The smallest absolute Gasteiger partial charge is 0.258 e. The first-order valence-corrected chi connectivity index (χ1v) is 9.91. The number of hydrogen-bond donors (Lipinski definition) is 1. The van der Waals surface area contributed by atoms with Crippen molar-refractivity contribution in [3.8, 4) is 11.5 Å². The van der Waals surface area contributed by atoms with Crippen molar-refractivity contribution in [2.45, 2.75) is 25.2 Å². The van der Waals surface area contributed by atoms with Gasteiger partial charge < -0.3 is 14.4 Å². The number of H-pyrrole nitrogens is 1. The molecular weight excluding hydrogens is 364 g/mol. The lowest BCUT2D eigenvalue weighted by atomic mass is 10.0. The highest BCUT2D eigenvalue weighted by Crippen LogP contribution is 2.30. The normalized spacial score (nSPS) is 17.9. The van der Waals surface area contributed by atoms with E-state index in [4.69, 9.17) is 4.52 Å². The molecule has 2 atom stereocenters. The van der Waals surface area contributed by atoms with Crippen molar-refractivity contribution in [1.29, 1.82) is 0 Å². The average molecular weight is 386 g/mol. The highest BCUT2D eigenvalue weighted by atomic mass is 16.5. The Morgan fingerprint density at radius 1 is 1.21 bits per heavy atom. The van der Waals surface area contributed by atoms with Gasteiger partial charge in [-0.15, -0.1) is 0 Å². The van der Waals surface area contributed by atoms with Crippen LogP contribution in [0.25, 0.3) is 22.4 Å². The van der Waals surface area contributed by atoms with Crippen LogP contribution < -0.4 is 0 Å². The van der Waals surface area contributed by atoms with E-state index in [0.29, 0.717) is 31.2 Å². The Labute approximate surface area is 168 Å². The first-order chi connectivity index (χ1) is 14.2. The number of amides is 1. The Kier molecular flexibility index (Phi) is 4.39. The third kappa shape index (κ3) is 3.42. The average Bonchev–Trinajstić information content (AvgIpc) is 3.48. The lowest BCUT2D eigenvalue weighted by Crippen LogP contribution is -2.29. The minimum Gasteiger partial charge on any atom is -0.361 e. The molecule has 29 heavy (non-hydrogen) atoms. The summed E-state index contributed by atoms with van der Waals surface area (Å²) in [7, 11) is 0. The molecule has 1 saturated heterocycles. The van der Waals surface area contributed by atoms with E-state index < -0.39 is 0 Å². The topological polar surface area (TPSA) is 75.0 Å². The van der Waals surface area contributed by atoms with Gasteiger partial charge in [0.1, 0.15) is 0 Å². The van der Waals surface area contributed by atoms with Gasteiger partial charge in [0, 0.05) is 42.7 Å². The number of aromatic nitrogens is 3. The minimum atomic E-state index is -0.0304. The Balaban J connectivity index is 1.30. The summed E-state index contributed by atoms with van der Waals surface area (Å²) in [5.74, 6) is 1.50. The van der Waals surface area contributed by atoms with Gasteiger partial charge in [0.05, 0.1) is 0 Å². The number of likely N-dealkylation sites (tertiary alicyclic amines) is 1. The van der Waals surface area contributed by atoms with Gasteiger partial charge in [0.25, 0.3) is 5.89 Å². The number of nitrogens with zero attached hydrogens (tertiary/aromatic N) is 3. The monoisotopic (exact) mass is 386 g/mol. The summed E-state index contributed by atoms with van der Waals surface area (Å²) in [6, 6.07) is 18.3. The van der Waals surface area contributed by atoms with Crippen molar-refractivity contribution in [2.24, 2.45) is 0 Å². The van der Waals surface area contributed by atoms with E-state index >= 15 is 0 Å². The van der Waals surface area contributed by atoms with Crippen molar-refractivity contribution in [3.63, 3.8) is 0 Å². The summed E-state index contributed by atoms with van der Waals surface area (Å²) in [4.78, 5) is 22.3. The van der Waals surface area contributed by atoms with Gasteiger partial charge in [-0.1, -0.05) is 48.5 Å². The number of carbonyl (C=O) groups is 1. The van der Waals surface area contributed by atoms with Crippen LogP contribution >= 0.6 is 0 Å². The van der Waals surface area contributed by atoms with E-state index in [0.717, 1.165) is 16.5 Å². The van der Waals surface area contributed by atoms with Crippen molar-refractivity contribution in [1.82, 2.24) is 20.0 Å². The molecule has 0 spiro atoms. The number of benzene rings is 2. The number of rotatable bonds is 5. The Morgan fingerprint density at radius 2 is 2.07 bits per heavy atom. The zero-order valence-corrected chi connectivity index (χ0v) is 16.2. The van der Waals surface area contributed by atoms with E-state index in [1.54, 1.807) is 0 Å². The lowest BCUT2D eigenvalue weighted by Gasteiger charge is -2.21. The molecule has 1 N–H and O–H groups in total. The van der Waals surface area contributed by atoms with Crippen LogP contribution in [0.2, 0.25) is 0 Å². The van der Waals surface area contributed by atoms with Gasteiger partial charge in [-0.3, -0.25) is 4.79 Å². The van der Waals surface area contributed by atoms with Gasteiger partial charge in [0.15, 0.2) is 5.82 Å². The van der Waals surface area contributed by atoms with Crippen LogP contribution in [0.15, 0.2) is 65.3 Å². The fourth-order valence-corrected chi connectivity index (χ4v) is 4.04. The maximum absolute atomic E-state index is 12.6. The van der Waals surface area contributed by atoms with Crippen molar-refractivity contribution in [2.75, 3.05) is 13.1 Å². The van der Waals surface area contributed by atoms with E-state index in [1.165, 1.54) is 5.56 Å². The van der Waals surface area contributed by atoms with Crippen LogP contribution in [0.5, 0.6) is 0 Å². The number of nitrogens with one attached hydrogen (secondary N) is 1. The molecule has 6 nitrogen and oxygen atoms in total. The molecular formula is C23H22N4O2. The minimum absolute atomic E-state index is 0.0304. The van der Waals surface area contributed by atoms with E-state index in [-0.39, 0.29) is 17.7 Å². The first-order valence-electron chi connectivity index (χ1n) is 9.91. The van der Waals surface area contributed by atoms with Crippen LogP contribution in [0.4, 0.5) is 0 Å². The van der Waals surface area contributed by atoms with Gasteiger partial charge >= 0.3 is 0 Å². The predicted molar refractivity (Wildman–Crippen MR) is 110 cm³/mol. The van der Waals surface area contributed by atoms with Gasteiger partial charge in [-0.2, -0.15) is 4.98 Å². The molecule has 2 aromatic carbocycles. The second kappa shape index (κ2) is 7.20. The fourth-order valence-electron chi connectivity index (χ4n) is 4.04. The molecule has 1 aliphatic heterocycles. The largest absolute Gasteiger partial charge is 0.361 e. The number of fused-ring (bicyclic) bond motifs is 1.